The highest BCUT2D eigenvalue weighted by atomic mass is 35.5. The van der Waals surface area contributed by atoms with Gasteiger partial charge in [0.25, 0.3) is 0 Å². The number of likely N-dealkylation sites (N-methyl/N-ethyl adjacent to an activating group) is 1. The highest BCUT2D eigenvalue weighted by molar-refractivity contribution is 6.42. The van der Waals surface area contributed by atoms with Crippen molar-refractivity contribution in [2.45, 2.75) is 49.9 Å². The second kappa shape index (κ2) is 8.66. The number of nitrogens with one attached hydrogen (secondary N) is 1. The summed E-state index contributed by atoms with van der Waals surface area (Å²) in [5.41, 5.74) is 0.773. The molecule has 5 nitrogen and oxygen atoms in total. The fraction of sp³-hybridized carbons (Fsp3) is 0.650. The molecule has 0 bridgehead atoms. The first kappa shape index (κ1) is 20.9. The maximum Gasteiger partial charge on any atom is 0.224 e. The number of halogens is 2. The van der Waals surface area contributed by atoms with E-state index in [1.807, 2.05) is 6.07 Å². The van der Waals surface area contributed by atoms with E-state index in [2.05, 4.69) is 24.3 Å². The first-order valence-corrected chi connectivity index (χ1v) is 10.3. The Bertz CT molecular complexity index is 665. The van der Waals surface area contributed by atoms with Crippen LogP contribution < -0.4 is 5.32 Å². The zero-order valence-corrected chi connectivity index (χ0v) is 17.5. The third-order valence-corrected chi connectivity index (χ3v) is 6.61. The summed E-state index contributed by atoms with van der Waals surface area (Å²) in [7, 11) is 4.15. The number of benzene rings is 1. The second-order valence-electron chi connectivity index (χ2n) is 7.78. The predicted octanol–water partition coefficient (Wildman–Crippen LogP) is 3.66. The maximum atomic E-state index is 12.5. The second-order valence-corrected chi connectivity index (χ2v) is 8.60. The van der Waals surface area contributed by atoms with Crippen LogP contribution >= 0.6 is 23.2 Å². The van der Waals surface area contributed by atoms with Gasteiger partial charge in [-0.1, -0.05) is 29.3 Å². The molecule has 27 heavy (non-hydrogen) atoms. The SMILES string of the molecule is CN(C)C1(CNC(=O)Cc2ccc(Cl)c(Cl)c2)CCC2(CC1)OCCCO2. The lowest BCUT2D eigenvalue weighted by Crippen LogP contribution is -2.58. The topological polar surface area (TPSA) is 50.8 Å². The highest BCUT2D eigenvalue weighted by Gasteiger charge is 2.46. The van der Waals surface area contributed by atoms with Gasteiger partial charge in [-0.2, -0.15) is 0 Å². The van der Waals surface area contributed by atoms with Gasteiger partial charge < -0.3 is 19.7 Å². The summed E-state index contributed by atoms with van der Waals surface area (Å²) in [4.78, 5) is 14.7. The van der Waals surface area contributed by atoms with Crippen molar-refractivity contribution in [2.75, 3.05) is 33.9 Å². The summed E-state index contributed by atoms with van der Waals surface area (Å²) < 4.78 is 11.9. The van der Waals surface area contributed by atoms with E-state index in [9.17, 15) is 4.79 Å². The van der Waals surface area contributed by atoms with Gasteiger partial charge >= 0.3 is 0 Å². The Morgan fingerprint density at radius 3 is 2.37 bits per heavy atom. The van der Waals surface area contributed by atoms with Gasteiger partial charge in [0.15, 0.2) is 5.79 Å². The van der Waals surface area contributed by atoms with Gasteiger partial charge in [-0.25, -0.2) is 0 Å². The predicted molar refractivity (Wildman–Crippen MR) is 107 cm³/mol. The van der Waals surface area contributed by atoms with Crippen LogP contribution in [0, 0.1) is 0 Å². The minimum absolute atomic E-state index is 0.0138. The Morgan fingerprint density at radius 1 is 1.11 bits per heavy atom. The van der Waals surface area contributed by atoms with E-state index in [0.717, 1.165) is 50.9 Å². The van der Waals surface area contributed by atoms with Gasteiger partial charge in [-0.3, -0.25) is 4.79 Å². The van der Waals surface area contributed by atoms with Gasteiger partial charge in [0, 0.05) is 24.9 Å². The van der Waals surface area contributed by atoms with Crippen LogP contribution in [0.25, 0.3) is 0 Å². The number of carbonyl (C=O) groups excluding carboxylic acids is 1. The van der Waals surface area contributed by atoms with Gasteiger partial charge in [-0.15, -0.1) is 0 Å². The van der Waals surface area contributed by atoms with Crippen LogP contribution in [0.2, 0.25) is 10.0 Å². The molecule has 1 spiro atoms. The molecule has 1 aliphatic heterocycles. The molecule has 1 aromatic rings. The number of rotatable bonds is 5. The Balaban J connectivity index is 1.56. The number of nitrogens with zero attached hydrogens (tertiary/aromatic N) is 1. The fourth-order valence-electron chi connectivity index (χ4n) is 3.94. The smallest absolute Gasteiger partial charge is 0.224 e. The lowest BCUT2D eigenvalue weighted by molar-refractivity contribution is -0.287. The lowest BCUT2D eigenvalue weighted by Gasteiger charge is -2.50. The van der Waals surface area contributed by atoms with Crippen LogP contribution in [-0.4, -0.2) is 56.0 Å². The van der Waals surface area contributed by atoms with Gasteiger partial charge in [0.05, 0.1) is 29.7 Å². The van der Waals surface area contributed by atoms with E-state index >= 15 is 0 Å². The van der Waals surface area contributed by atoms with Crippen molar-refractivity contribution in [3.63, 3.8) is 0 Å². The molecule has 1 heterocycles. The molecular formula is C20H28Cl2N2O3. The van der Waals surface area contributed by atoms with E-state index in [0.29, 0.717) is 16.6 Å². The summed E-state index contributed by atoms with van der Waals surface area (Å²) in [5.74, 6) is -0.429. The van der Waals surface area contributed by atoms with Crippen LogP contribution in [-0.2, 0) is 20.7 Å². The zero-order chi connectivity index (χ0) is 19.5. The normalized spacial score (nSPS) is 21.4. The van der Waals surface area contributed by atoms with Crippen LogP contribution in [0.5, 0.6) is 0 Å². The highest BCUT2D eigenvalue weighted by Crippen LogP contribution is 2.41. The first-order chi connectivity index (χ1) is 12.8. The van der Waals surface area contributed by atoms with Crippen LogP contribution in [0.3, 0.4) is 0 Å². The molecule has 7 heteroatoms. The minimum atomic E-state index is -0.415. The van der Waals surface area contributed by atoms with Crippen molar-refractivity contribution in [1.29, 1.82) is 0 Å². The van der Waals surface area contributed by atoms with Crippen molar-refractivity contribution >= 4 is 29.1 Å². The van der Waals surface area contributed by atoms with Crippen molar-refractivity contribution < 1.29 is 14.3 Å². The summed E-state index contributed by atoms with van der Waals surface area (Å²) in [6.45, 7) is 2.15. The van der Waals surface area contributed by atoms with Crippen LogP contribution in [0.1, 0.15) is 37.7 Å². The van der Waals surface area contributed by atoms with E-state index in [-0.39, 0.29) is 17.9 Å². The molecule has 1 saturated heterocycles. The molecule has 0 aromatic heterocycles. The Kier molecular flexibility index (Phi) is 6.70. The third kappa shape index (κ3) is 4.96. The molecular weight excluding hydrogens is 387 g/mol. The largest absolute Gasteiger partial charge is 0.354 e. The molecule has 0 atom stereocenters. The number of carbonyl (C=O) groups is 1. The molecule has 1 aliphatic carbocycles. The van der Waals surface area contributed by atoms with Crippen molar-refractivity contribution in [3.8, 4) is 0 Å². The van der Waals surface area contributed by atoms with Gasteiger partial charge in [-0.05, 0) is 51.1 Å². The molecule has 3 rings (SSSR count). The Morgan fingerprint density at radius 2 is 1.78 bits per heavy atom. The van der Waals surface area contributed by atoms with Crippen LogP contribution in [0.15, 0.2) is 18.2 Å². The van der Waals surface area contributed by atoms with Crippen molar-refractivity contribution in [3.05, 3.63) is 33.8 Å². The van der Waals surface area contributed by atoms with E-state index < -0.39 is 5.79 Å². The molecule has 1 saturated carbocycles. The molecule has 1 aromatic carbocycles. The molecule has 1 amide bonds. The molecule has 2 fully saturated rings. The van der Waals surface area contributed by atoms with Crippen molar-refractivity contribution in [1.82, 2.24) is 10.2 Å². The zero-order valence-electron chi connectivity index (χ0n) is 16.0. The molecule has 150 valence electrons. The maximum absolute atomic E-state index is 12.5. The first-order valence-electron chi connectivity index (χ1n) is 9.50. The number of amides is 1. The lowest BCUT2D eigenvalue weighted by atomic mass is 9.77. The number of hydrogen-bond acceptors (Lipinski definition) is 4. The number of hydrogen-bond donors (Lipinski definition) is 1. The van der Waals surface area contributed by atoms with Crippen molar-refractivity contribution in [2.24, 2.45) is 0 Å². The standard InChI is InChI=1S/C20H28Cl2N2O3/c1-24(2)19(6-8-20(9-7-19)26-10-3-11-27-20)14-23-18(25)13-15-4-5-16(21)17(22)12-15/h4-5,12H,3,6-11,13-14H2,1-2H3,(H,23,25). The van der Waals surface area contributed by atoms with Crippen LogP contribution in [0.4, 0.5) is 0 Å². The minimum Gasteiger partial charge on any atom is -0.354 e. The summed E-state index contributed by atoms with van der Waals surface area (Å²) in [5, 5.41) is 4.08. The Hall–Kier alpha value is -0.850. The van der Waals surface area contributed by atoms with E-state index in [1.54, 1.807) is 12.1 Å². The molecule has 1 N–H and O–H groups in total. The van der Waals surface area contributed by atoms with E-state index in [1.165, 1.54) is 0 Å². The van der Waals surface area contributed by atoms with E-state index in [4.69, 9.17) is 32.7 Å². The average Bonchev–Trinajstić information content (AvgIpc) is 2.65. The third-order valence-electron chi connectivity index (χ3n) is 5.87. The number of ether oxygens (including phenoxy) is 2. The fourth-order valence-corrected chi connectivity index (χ4v) is 4.27. The van der Waals surface area contributed by atoms with Gasteiger partial charge in [0.2, 0.25) is 5.91 Å². The average molecular weight is 415 g/mol. The summed E-state index contributed by atoms with van der Waals surface area (Å²) in [6.07, 6.45) is 4.81. The molecule has 2 aliphatic rings. The quantitative estimate of drug-likeness (QED) is 0.798. The molecule has 0 unspecified atom stereocenters. The Labute approximate surface area is 171 Å². The summed E-state index contributed by atoms with van der Waals surface area (Å²) in [6, 6.07) is 5.30. The molecule has 0 radical (unpaired) electrons. The van der Waals surface area contributed by atoms with Gasteiger partial charge in [0.1, 0.15) is 0 Å². The monoisotopic (exact) mass is 414 g/mol. The summed E-state index contributed by atoms with van der Waals surface area (Å²) >= 11 is 12.0.